The van der Waals surface area contributed by atoms with Gasteiger partial charge in [0.05, 0.1) is 18.2 Å². The fourth-order valence-electron chi connectivity index (χ4n) is 1.89. The number of amides is 1. The van der Waals surface area contributed by atoms with Crippen LogP contribution in [0.4, 0.5) is 5.82 Å². The van der Waals surface area contributed by atoms with E-state index in [9.17, 15) is 4.79 Å². The van der Waals surface area contributed by atoms with Crippen molar-refractivity contribution in [3.8, 4) is 0 Å². The summed E-state index contributed by atoms with van der Waals surface area (Å²) in [7, 11) is 3.44. The van der Waals surface area contributed by atoms with Crippen LogP contribution >= 0.6 is 11.6 Å². The van der Waals surface area contributed by atoms with Crippen LogP contribution in [0, 0.1) is 0 Å². The predicted octanol–water partition coefficient (Wildman–Crippen LogP) is 1.03. The molecule has 6 heteroatoms. The van der Waals surface area contributed by atoms with E-state index in [0.717, 1.165) is 0 Å². The number of rotatable bonds is 2. The van der Waals surface area contributed by atoms with Gasteiger partial charge in [-0.3, -0.25) is 4.79 Å². The lowest BCUT2D eigenvalue weighted by Gasteiger charge is -2.34. The zero-order valence-corrected chi connectivity index (χ0v) is 11.2. The Morgan fingerprint density at radius 1 is 1.61 bits per heavy atom. The highest BCUT2D eigenvalue weighted by molar-refractivity contribution is 6.32. The SMILES string of the molecule is CN(C)C(=O)C1CN(c2ncccc2Cl)CCO1. The van der Waals surface area contributed by atoms with E-state index in [1.54, 1.807) is 32.4 Å². The number of aromatic nitrogens is 1. The smallest absolute Gasteiger partial charge is 0.253 e. The Morgan fingerprint density at radius 2 is 2.39 bits per heavy atom. The van der Waals surface area contributed by atoms with Gasteiger partial charge in [0.2, 0.25) is 0 Å². The summed E-state index contributed by atoms with van der Waals surface area (Å²) < 4.78 is 5.49. The van der Waals surface area contributed by atoms with Gasteiger partial charge in [-0.25, -0.2) is 4.98 Å². The Morgan fingerprint density at radius 3 is 3.06 bits per heavy atom. The van der Waals surface area contributed by atoms with Crippen LogP contribution in [0.15, 0.2) is 18.3 Å². The Kier molecular flexibility index (Phi) is 4.04. The highest BCUT2D eigenvalue weighted by Crippen LogP contribution is 2.24. The van der Waals surface area contributed by atoms with Crippen LogP contribution in [-0.2, 0) is 9.53 Å². The maximum absolute atomic E-state index is 11.9. The van der Waals surface area contributed by atoms with Crippen molar-refractivity contribution in [2.75, 3.05) is 38.7 Å². The van der Waals surface area contributed by atoms with E-state index in [-0.39, 0.29) is 5.91 Å². The summed E-state index contributed by atoms with van der Waals surface area (Å²) >= 11 is 6.11. The monoisotopic (exact) mass is 269 g/mol. The third-order valence-electron chi connectivity index (χ3n) is 2.82. The molecular weight excluding hydrogens is 254 g/mol. The van der Waals surface area contributed by atoms with Gasteiger partial charge in [0.1, 0.15) is 5.82 Å². The molecule has 1 fully saturated rings. The zero-order valence-electron chi connectivity index (χ0n) is 10.5. The summed E-state index contributed by atoms with van der Waals surface area (Å²) in [6, 6.07) is 3.58. The molecule has 0 saturated carbocycles. The first kappa shape index (κ1) is 13.1. The first-order chi connectivity index (χ1) is 8.59. The zero-order chi connectivity index (χ0) is 13.1. The predicted molar refractivity (Wildman–Crippen MR) is 69.9 cm³/mol. The molecule has 2 heterocycles. The van der Waals surface area contributed by atoms with E-state index >= 15 is 0 Å². The number of carbonyl (C=O) groups excluding carboxylic acids is 1. The Bertz CT molecular complexity index is 439. The van der Waals surface area contributed by atoms with E-state index in [1.807, 2.05) is 4.90 Å². The standard InChI is InChI=1S/C12H16ClN3O2/c1-15(2)12(17)10-8-16(6-7-18-10)11-9(13)4-3-5-14-11/h3-5,10H,6-8H2,1-2H3. The van der Waals surface area contributed by atoms with E-state index < -0.39 is 6.10 Å². The van der Waals surface area contributed by atoms with Crippen molar-refractivity contribution in [3.05, 3.63) is 23.4 Å². The average molecular weight is 270 g/mol. The minimum absolute atomic E-state index is 0.0354. The molecule has 1 saturated heterocycles. The summed E-state index contributed by atoms with van der Waals surface area (Å²) in [5.74, 6) is 0.672. The Hall–Kier alpha value is -1.33. The number of pyridine rings is 1. The summed E-state index contributed by atoms with van der Waals surface area (Å²) in [5.41, 5.74) is 0. The molecule has 98 valence electrons. The molecule has 0 spiro atoms. The Balaban J connectivity index is 2.12. The topological polar surface area (TPSA) is 45.7 Å². The summed E-state index contributed by atoms with van der Waals surface area (Å²) in [6.45, 7) is 1.67. The van der Waals surface area contributed by atoms with Gasteiger partial charge in [-0.2, -0.15) is 0 Å². The fourth-order valence-corrected chi connectivity index (χ4v) is 2.13. The maximum atomic E-state index is 11.9. The third-order valence-corrected chi connectivity index (χ3v) is 3.12. The van der Waals surface area contributed by atoms with Crippen LogP contribution in [0.3, 0.4) is 0 Å². The van der Waals surface area contributed by atoms with Gasteiger partial charge >= 0.3 is 0 Å². The van der Waals surface area contributed by atoms with Crippen LogP contribution < -0.4 is 4.90 Å². The molecule has 0 aliphatic carbocycles. The summed E-state index contributed by atoms with van der Waals surface area (Å²) in [6.07, 6.45) is 1.24. The molecule has 1 amide bonds. The van der Waals surface area contributed by atoms with E-state index in [1.165, 1.54) is 4.90 Å². The summed E-state index contributed by atoms with van der Waals surface area (Å²) in [5, 5.41) is 0.593. The maximum Gasteiger partial charge on any atom is 0.253 e. The number of morpholine rings is 1. The first-order valence-electron chi connectivity index (χ1n) is 5.78. The molecule has 2 rings (SSSR count). The number of likely N-dealkylation sites (N-methyl/N-ethyl adjacent to an activating group) is 1. The lowest BCUT2D eigenvalue weighted by atomic mass is 10.2. The Labute approximate surface area is 111 Å². The highest BCUT2D eigenvalue weighted by Gasteiger charge is 2.29. The molecule has 1 aromatic rings. The van der Waals surface area contributed by atoms with Gasteiger partial charge in [-0.1, -0.05) is 11.6 Å². The van der Waals surface area contributed by atoms with Crippen LogP contribution in [-0.4, -0.2) is 55.7 Å². The molecule has 1 aliphatic heterocycles. The molecule has 1 atom stereocenters. The van der Waals surface area contributed by atoms with Gasteiger partial charge in [0.15, 0.2) is 6.10 Å². The molecule has 18 heavy (non-hydrogen) atoms. The lowest BCUT2D eigenvalue weighted by molar-refractivity contribution is -0.141. The quantitative estimate of drug-likeness (QED) is 0.805. The largest absolute Gasteiger partial charge is 0.365 e. The number of ether oxygens (including phenoxy) is 1. The number of anilines is 1. The molecule has 1 aliphatic rings. The molecular formula is C12H16ClN3O2. The minimum Gasteiger partial charge on any atom is -0.365 e. The van der Waals surface area contributed by atoms with Gasteiger partial charge in [-0.05, 0) is 12.1 Å². The van der Waals surface area contributed by atoms with Gasteiger partial charge < -0.3 is 14.5 Å². The number of halogens is 1. The van der Waals surface area contributed by atoms with Crippen molar-refractivity contribution < 1.29 is 9.53 Å². The molecule has 1 unspecified atom stereocenters. The number of nitrogens with zero attached hydrogens (tertiary/aromatic N) is 3. The fraction of sp³-hybridized carbons (Fsp3) is 0.500. The third kappa shape index (κ3) is 2.73. The van der Waals surface area contributed by atoms with Crippen LogP contribution in [0.2, 0.25) is 5.02 Å². The van der Waals surface area contributed by atoms with Gasteiger partial charge in [0.25, 0.3) is 5.91 Å². The highest BCUT2D eigenvalue weighted by atomic mass is 35.5. The normalized spacial score (nSPS) is 19.7. The molecule has 1 aromatic heterocycles. The van der Waals surface area contributed by atoms with Crippen molar-refractivity contribution in [3.63, 3.8) is 0 Å². The second kappa shape index (κ2) is 5.54. The first-order valence-corrected chi connectivity index (χ1v) is 6.15. The van der Waals surface area contributed by atoms with E-state index in [0.29, 0.717) is 30.5 Å². The molecule has 0 radical (unpaired) electrons. The molecule has 0 bridgehead atoms. The second-order valence-electron chi connectivity index (χ2n) is 4.35. The van der Waals surface area contributed by atoms with Crippen molar-refractivity contribution in [2.45, 2.75) is 6.10 Å². The lowest BCUT2D eigenvalue weighted by Crippen LogP contribution is -2.49. The van der Waals surface area contributed by atoms with Crippen LogP contribution in [0.1, 0.15) is 0 Å². The number of hydrogen-bond acceptors (Lipinski definition) is 4. The van der Waals surface area contributed by atoms with E-state index in [4.69, 9.17) is 16.3 Å². The van der Waals surface area contributed by atoms with Crippen molar-refractivity contribution in [2.24, 2.45) is 0 Å². The second-order valence-corrected chi connectivity index (χ2v) is 4.75. The number of carbonyl (C=O) groups is 1. The molecule has 0 N–H and O–H groups in total. The van der Waals surface area contributed by atoms with Gasteiger partial charge in [0, 0.05) is 26.8 Å². The van der Waals surface area contributed by atoms with Crippen LogP contribution in [0.5, 0.6) is 0 Å². The summed E-state index contributed by atoms with van der Waals surface area (Å²) in [4.78, 5) is 19.7. The average Bonchev–Trinajstić information content (AvgIpc) is 2.38. The van der Waals surface area contributed by atoms with Gasteiger partial charge in [-0.15, -0.1) is 0 Å². The molecule has 0 aromatic carbocycles. The minimum atomic E-state index is -0.452. The van der Waals surface area contributed by atoms with Crippen molar-refractivity contribution in [1.29, 1.82) is 0 Å². The number of hydrogen-bond donors (Lipinski definition) is 0. The van der Waals surface area contributed by atoms with Crippen LogP contribution in [0.25, 0.3) is 0 Å². The van der Waals surface area contributed by atoms with Crippen molar-refractivity contribution in [1.82, 2.24) is 9.88 Å². The molecule has 5 nitrogen and oxygen atoms in total. The van der Waals surface area contributed by atoms with E-state index in [2.05, 4.69) is 4.98 Å². The van der Waals surface area contributed by atoms with Crippen molar-refractivity contribution >= 4 is 23.3 Å².